The molecule has 0 saturated carbocycles. The number of anilines is 1. The third-order valence-electron chi connectivity index (χ3n) is 3.33. The van der Waals surface area contributed by atoms with E-state index < -0.39 is 9.84 Å². The van der Waals surface area contributed by atoms with Gasteiger partial charge in [0.05, 0.1) is 10.6 Å². The lowest BCUT2D eigenvalue weighted by Crippen LogP contribution is -2.04. The molecule has 0 unspecified atom stereocenters. The van der Waals surface area contributed by atoms with Crippen LogP contribution in [0.5, 0.6) is 0 Å². The lowest BCUT2D eigenvalue weighted by molar-refractivity contribution is 0.597. The Kier molecular flexibility index (Phi) is 4.63. The summed E-state index contributed by atoms with van der Waals surface area (Å²) in [5, 5.41) is 3.14. The molecule has 0 heterocycles. The normalized spacial score (nSPS) is 11.4. The van der Waals surface area contributed by atoms with Crippen LogP contribution in [0.25, 0.3) is 0 Å². The second-order valence-corrected chi connectivity index (χ2v) is 7.14. The van der Waals surface area contributed by atoms with Gasteiger partial charge in [0.15, 0.2) is 9.84 Å². The standard InChI is InChI=1S/C16H18FNO2S/c1-3-21(19,20)15-8-6-14(7-9-15)18-11-13-5-4-12(2)16(17)10-13/h4-10,18H,3,11H2,1-2H3. The van der Waals surface area contributed by atoms with Crippen molar-refractivity contribution < 1.29 is 12.8 Å². The SMILES string of the molecule is CCS(=O)(=O)c1ccc(NCc2ccc(C)c(F)c2)cc1. The lowest BCUT2D eigenvalue weighted by atomic mass is 10.1. The zero-order valence-electron chi connectivity index (χ0n) is 12.1. The van der Waals surface area contributed by atoms with E-state index in [9.17, 15) is 12.8 Å². The van der Waals surface area contributed by atoms with Crippen LogP contribution >= 0.6 is 0 Å². The molecule has 0 aliphatic heterocycles. The predicted molar refractivity (Wildman–Crippen MR) is 82.6 cm³/mol. The van der Waals surface area contributed by atoms with E-state index in [4.69, 9.17) is 0 Å². The van der Waals surface area contributed by atoms with Gasteiger partial charge < -0.3 is 5.32 Å². The van der Waals surface area contributed by atoms with Crippen LogP contribution in [0.2, 0.25) is 0 Å². The maximum Gasteiger partial charge on any atom is 0.178 e. The Morgan fingerprint density at radius 3 is 2.33 bits per heavy atom. The zero-order chi connectivity index (χ0) is 15.5. The minimum absolute atomic E-state index is 0.0857. The Labute approximate surface area is 124 Å². The summed E-state index contributed by atoms with van der Waals surface area (Å²) in [6.07, 6.45) is 0. The molecule has 0 aliphatic rings. The van der Waals surface area contributed by atoms with Crippen LogP contribution in [0, 0.1) is 12.7 Å². The van der Waals surface area contributed by atoms with E-state index in [-0.39, 0.29) is 11.6 Å². The van der Waals surface area contributed by atoms with E-state index in [1.807, 2.05) is 6.07 Å². The minimum Gasteiger partial charge on any atom is -0.381 e. The Morgan fingerprint density at radius 2 is 1.76 bits per heavy atom. The summed E-state index contributed by atoms with van der Waals surface area (Å²) in [6.45, 7) is 3.82. The molecule has 0 radical (unpaired) electrons. The van der Waals surface area contributed by atoms with Gasteiger partial charge >= 0.3 is 0 Å². The van der Waals surface area contributed by atoms with Crippen molar-refractivity contribution >= 4 is 15.5 Å². The highest BCUT2D eigenvalue weighted by molar-refractivity contribution is 7.91. The number of rotatable bonds is 5. The van der Waals surface area contributed by atoms with Gasteiger partial charge in [-0.15, -0.1) is 0 Å². The molecule has 0 aromatic heterocycles. The summed E-state index contributed by atoms with van der Waals surface area (Å²) < 4.78 is 36.8. The topological polar surface area (TPSA) is 46.2 Å². The molecule has 0 atom stereocenters. The molecule has 2 aromatic rings. The quantitative estimate of drug-likeness (QED) is 0.919. The average molecular weight is 307 g/mol. The van der Waals surface area contributed by atoms with E-state index >= 15 is 0 Å². The van der Waals surface area contributed by atoms with Gasteiger partial charge in [0, 0.05) is 12.2 Å². The Balaban J connectivity index is 2.05. The summed E-state index contributed by atoms with van der Waals surface area (Å²) in [5.41, 5.74) is 2.25. The number of nitrogens with one attached hydrogen (secondary N) is 1. The average Bonchev–Trinajstić information content (AvgIpc) is 2.49. The molecule has 0 fully saturated rings. The molecule has 0 bridgehead atoms. The first kappa shape index (κ1) is 15.5. The van der Waals surface area contributed by atoms with Crippen LogP contribution in [0.15, 0.2) is 47.4 Å². The molecule has 2 aromatic carbocycles. The van der Waals surface area contributed by atoms with E-state index in [1.54, 1.807) is 44.2 Å². The summed E-state index contributed by atoms with van der Waals surface area (Å²) in [7, 11) is -3.17. The van der Waals surface area contributed by atoms with E-state index in [2.05, 4.69) is 5.32 Å². The summed E-state index contributed by atoms with van der Waals surface area (Å²) in [6, 6.07) is 11.7. The van der Waals surface area contributed by atoms with Crippen LogP contribution in [-0.2, 0) is 16.4 Å². The van der Waals surface area contributed by atoms with Crippen molar-refractivity contribution in [2.75, 3.05) is 11.1 Å². The summed E-state index contributed by atoms with van der Waals surface area (Å²) in [4.78, 5) is 0.317. The van der Waals surface area contributed by atoms with Gasteiger partial charge in [-0.25, -0.2) is 12.8 Å². The number of aryl methyl sites for hydroxylation is 1. The van der Waals surface area contributed by atoms with Crippen LogP contribution in [0.1, 0.15) is 18.1 Å². The molecule has 0 saturated heterocycles. The highest BCUT2D eigenvalue weighted by atomic mass is 32.2. The monoisotopic (exact) mass is 307 g/mol. The third-order valence-corrected chi connectivity index (χ3v) is 5.08. The fourth-order valence-corrected chi connectivity index (χ4v) is 2.78. The number of halogens is 1. The van der Waals surface area contributed by atoms with Gasteiger partial charge in [-0.2, -0.15) is 0 Å². The number of hydrogen-bond acceptors (Lipinski definition) is 3. The second kappa shape index (κ2) is 6.26. The smallest absolute Gasteiger partial charge is 0.178 e. The molecular weight excluding hydrogens is 289 g/mol. The molecule has 112 valence electrons. The zero-order valence-corrected chi connectivity index (χ0v) is 12.9. The van der Waals surface area contributed by atoms with Gasteiger partial charge in [-0.3, -0.25) is 0 Å². The van der Waals surface area contributed by atoms with Crippen molar-refractivity contribution in [3.63, 3.8) is 0 Å². The number of benzene rings is 2. The number of hydrogen-bond donors (Lipinski definition) is 1. The van der Waals surface area contributed by atoms with Crippen molar-refractivity contribution in [2.45, 2.75) is 25.3 Å². The molecular formula is C16H18FNO2S. The predicted octanol–water partition coefficient (Wildman–Crippen LogP) is 3.54. The van der Waals surface area contributed by atoms with Crippen LogP contribution < -0.4 is 5.32 Å². The highest BCUT2D eigenvalue weighted by Gasteiger charge is 2.10. The molecule has 1 N–H and O–H groups in total. The van der Waals surface area contributed by atoms with E-state index in [0.29, 0.717) is 17.0 Å². The van der Waals surface area contributed by atoms with Gasteiger partial charge in [-0.1, -0.05) is 19.1 Å². The molecule has 2 rings (SSSR count). The summed E-state index contributed by atoms with van der Waals surface area (Å²) >= 11 is 0. The Hall–Kier alpha value is -1.88. The van der Waals surface area contributed by atoms with Gasteiger partial charge in [-0.05, 0) is 48.4 Å². The molecule has 0 amide bonds. The fourth-order valence-electron chi connectivity index (χ4n) is 1.90. The lowest BCUT2D eigenvalue weighted by Gasteiger charge is -2.08. The molecule has 3 nitrogen and oxygen atoms in total. The third kappa shape index (κ3) is 3.82. The molecule has 0 spiro atoms. The van der Waals surface area contributed by atoms with Crippen molar-refractivity contribution in [3.8, 4) is 0 Å². The van der Waals surface area contributed by atoms with Gasteiger partial charge in [0.2, 0.25) is 0 Å². The maximum atomic E-state index is 13.4. The largest absolute Gasteiger partial charge is 0.381 e. The minimum atomic E-state index is -3.17. The Bertz CT molecular complexity index is 724. The first-order chi connectivity index (χ1) is 9.92. The van der Waals surface area contributed by atoms with Crippen molar-refractivity contribution in [3.05, 3.63) is 59.4 Å². The van der Waals surface area contributed by atoms with Gasteiger partial charge in [0.1, 0.15) is 5.82 Å². The van der Waals surface area contributed by atoms with Crippen molar-refractivity contribution in [2.24, 2.45) is 0 Å². The second-order valence-electron chi connectivity index (χ2n) is 4.86. The van der Waals surface area contributed by atoms with E-state index in [0.717, 1.165) is 11.3 Å². The summed E-state index contributed by atoms with van der Waals surface area (Å²) in [5.74, 6) is -0.138. The van der Waals surface area contributed by atoms with Gasteiger partial charge in [0.25, 0.3) is 0 Å². The van der Waals surface area contributed by atoms with Crippen LogP contribution in [0.3, 0.4) is 0 Å². The van der Waals surface area contributed by atoms with E-state index in [1.165, 1.54) is 6.07 Å². The van der Waals surface area contributed by atoms with Crippen LogP contribution in [-0.4, -0.2) is 14.2 Å². The molecule has 0 aliphatic carbocycles. The fraction of sp³-hybridized carbons (Fsp3) is 0.250. The molecule has 5 heteroatoms. The number of sulfone groups is 1. The van der Waals surface area contributed by atoms with Crippen LogP contribution in [0.4, 0.5) is 10.1 Å². The van der Waals surface area contributed by atoms with Crippen molar-refractivity contribution in [1.82, 2.24) is 0 Å². The highest BCUT2D eigenvalue weighted by Crippen LogP contribution is 2.16. The Morgan fingerprint density at radius 1 is 1.10 bits per heavy atom. The van der Waals surface area contributed by atoms with Crippen molar-refractivity contribution in [1.29, 1.82) is 0 Å². The first-order valence-electron chi connectivity index (χ1n) is 6.74. The first-order valence-corrected chi connectivity index (χ1v) is 8.39. The maximum absolute atomic E-state index is 13.4. The molecule has 21 heavy (non-hydrogen) atoms.